The molecule has 5 heteroatoms. The van der Waals surface area contributed by atoms with E-state index in [1.807, 2.05) is 0 Å². The molecule has 1 N–H and O–H groups in total. The van der Waals surface area contributed by atoms with E-state index in [4.69, 9.17) is 5.11 Å². The SMILES string of the molecule is CC(C)CCN(CCCC(=O)O)N=O. The van der Waals surface area contributed by atoms with Gasteiger partial charge in [0.25, 0.3) is 0 Å². The van der Waals surface area contributed by atoms with Gasteiger partial charge in [0.15, 0.2) is 0 Å². The summed E-state index contributed by atoms with van der Waals surface area (Å²) >= 11 is 0. The number of nitrogens with zero attached hydrogens (tertiary/aromatic N) is 2. The van der Waals surface area contributed by atoms with Crippen molar-refractivity contribution in [3.63, 3.8) is 0 Å². The molecule has 0 fully saturated rings. The maximum atomic E-state index is 10.3. The van der Waals surface area contributed by atoms with Gasteiger partial charge in [-0.2, -0.15) is 0 Å². The van der Waals surface area contributed by atoms with Crippen LogP contribution in [0.4, 0.5) is 0 Å². The zero-order valence-corrected chi connectivity index (χ0v) is 8.77. The average molecular weight is 202 g/mol. The third-order valence-electron chi connectivity index (χ3n) is 1.89. The molecule has 14 heavy (non-hydrogen) atoms. The zero-order chi connectivity index (χ0) is 11.0. The molecule has 0 aromatic heterocycles. The van der Waals surface area contributed by atoms with Crippen molar-refractivity contribution in [2.75, 3.05) is 13.1 Å². The molecule has 0 bridgehead atoms. The highest BCUT2D eigenvalue weighted by atomic mass is 16.4. The number of hydrogen-bond donors (Lipinski definition) is 1. The van der Waals surface area contributed by atoms with Crippen molar-refractivity contribution < 1.29 is 9.90 Å². The van der Waals surface area contributed by atoms with Crippen LogP contribution in [0.15, 0.2) is 5.29 Å². The first-order valence-corrected chi connectivity index (χ1v) is 4.86. The maximum absolute atomic E-state index is 10.3. The quantitative estimate of drug-likeness (QED) is 0.482. The summed E-state index contributed by atoms with van der Waals surface area (Å²) in [6.07, 6.45) is 1.46. The van der Waals surface area contributed by atoms with Crippen LogP contribution in [0.2, 0.25) is 0 Å². The van der Waals surface area contributed by atoms with Gasteiger partial charge in [-0.25, -0.2) is 0 Å². The fraction of sp³-hybridized carbons (Fsp3) is 0.889. The Kier molecular flexibility index (Phi) is 6.70. The van der Waals surface area contributed by atoms with Gasteiger partial charge >= 0.3 is 5.97 Å². The molecule has 0 aliphatic heterocycles. The second-order valence-corrected chi connectivity index (χ2v) is 3.72. The normalized spacial score (nSPS) is 10.2. The number of aliphatic carboxylic acids is 1. The van der Waals surface area contributed by atoms with E-state index in [9.17, 15) is 9.70 Å². The molecule has 0 aliphatic carbocycles. The Balaban J connectivity index is 3.58. The molecule has 0 saturated heterocycles. The van der Waals surface area contributed by atoms with Gasteiger partial charge in [-0.05, 0) is 18.8 Å². The van der Waals surface area contributed by atoms with Crippen molar-refractivity contribution in [3.05, 3.63) is 4.91 Å². The lowest BCUT2D eigenvalue weighted by Gasteiger charge is -2.15. The molecule has 0 aromatic rings. The predicted octanol–water partition coefficient (Wildman–Crippen LogP) is 1.88. The third-order valence-corrected chi connectivity index (χ3v) is 1.89. The lowest BCUT2D eigenvalue weighted by molar-refractivity contribution is -0.137. The molecule has 5 nitrogen and oxygen atoms in total. The molecular formula is C9H18N2O3. The number of carboxylic acids is 1. The highest BCUT2D eigenvalue weighted by molar-refractivity contribution is 5.66. The summed E-state index contributed by atoms with van der Waals surface area (Å²) in [6, 6.07) is 0. The molecule has 0 radical (unpaired) electrons. The summed E-state index contributed by atoms with van der Waals surface area (Å²) in [7, 11) is 0. The van der Waals surface area contributed by atoms with Crippen molar-refractivity contribution in [2.24, 2.45) is 11.2 Å². The van der Waals surface area contributed by atoms with Crippen molar-refractivity contribution in [3.8, 4) is 0 Å². The Morgan fingerprint density at radius 3 is 2.50 bits per heavy atom. The molecule has 0 unspecified atom stereocenters. The summed E-state index contributed by atoms with van der Waals surface area (Å²) in [5, 5.41) is 12.6. The van der Waals surface area contributed by atoms with E-state index in [1.165, 1.54) is 5.01 Å². The minimum absolute atomic E-state index is 0.0910. The molecule has 0 rings (SSSR count). The van der Waals surface area contributed by atoms with E-state index >= 15 is 0 Å². The van der Waals surface area contributed by atoms with Gasteiger partial charge in [-0.15, -0.1) is 4.91 Å². The summed E-state index contributed by atoms with van der Waals surface area (Å²) < 4.78 is 0. The number of carbonyl (C=O) groups is 1. The highest BCUT2D eigenvalue weighted by Gasteiger charge is 2.05. The molecule has 0 spiro atoms. The molecule has 0 saturated carbocycles. The first-order valence-electron chi connectivity index (χ1n) is 4.86. The molecule has 0 aliphatic rings. The minimum atomic E-state index is -0.834. The zero-order valence-electron chi connectivity index (χ0n) is 8.77. The first kappa shape index (κ1) is 12.9. The minimum Gasteiger partial charge on any atom is -0.481 e. The molecular weight excluding hydrogens is 184 g/mol. The van der Waals surface area contributed by atoms with E-state index in [0.717, 1.165) is 6.42 Å². The maximum Gasteiger partial charge on any atom is 0.303 e. The molecule has 0 atom stereocenters. The van der Waals surface area contributed by atoms with Crippen molar-refractivity contribution in [1.29, 1.82) is 0 Å². The number of hydrogen-bond acceptors (Lipinski definition) is 3. The first-order chi connectivity index (χ1) is 6.56. The smallest absolute Gasteiger partial charge is 0.303 e. The van der Waals surface area contributed by atoms with Gasteiger partial charge in [0.05, 0.1) is 5.29 Å². The van der Waals surface area contributed by atoms with Gasteiger partial charge in [0.2, 0.25) is 0 Å². The van der Waals surface area contributed by atoms with Crippen LogP contribution < -0.4 is 0 Å². The lowest BCUT2D eigenvalue weighted by Crippen LogP contribution is -2.21. The Labute approximate surface area is 84.0 Å². The predicted molar refractivity (Wildman–Crippen MR) is 53.7 cm³/mol. The Morgan fingerprint density at radius 1 is 1.43 bits per heavy atom. The van der Waals surface area contributed by atoms with Crippen LogP contribution in [-0.2, 0) is 4.79 Å². The Hall–Kier alpha value is -1.13. The molecule has 0 aromatic carbocycles. The second-order valence-electron chi connectivity index (χ2n) is 3.72. The monoisotopic (exact) mass is 202 g/mol. The van der Waals surface area contributed by atoms with Crippen LogP contribution in [-0.4, -0.2) is 29.2 Å². The van der Waals surface area contributed by atoms with Gasteiger partial charge in [-0.1, -0.05) is 13.8 Å². The van der Waals surface area contributed by atoms with E-state index in [2.05, 4.69) is 19.1 Å². The number of rotatable bonds is 8. The van der Waals surface area contributed by atoms with Gasteiger partial charge < -0.3 is 5.11 Å². The summed E-state index contributed by atoms with van der Waals surface area (Å²) in [5.41, 5.74) is 0. The van der Waals surface area contributed by atoms with E-state index < -0.39 is 5.97 Å². The van der Waals surface area contributed by atoms with E-state index in [0.29, 0.717) is 25.4 Å². The average Bonchev–Trinajstić information content (AvgIpc) is 2.10. The van der Waals surface area contributed by atoms with Crippen LogP contribution in [0.5, 0.6) is 0 Å². The lowest BCUT2D eigenvalue weighted by atomic mass is 10.1. The summed E-state index contributed by atoms with van der Waals surface area (Å²) in [6.45, 7) is 5.18. The second kappa shape index (κ2) is 7.29. The van der Waals surface area contributed by atoms with Crippen LogP contribution in [0, 0.1) is 10.8 Å². The fourth-order valence-corrected chi connectivity index (χ4v) is 1.01. The van der Waals surface area contributed by atoms with Gasteiger partial charge in [0.1, 0.15) is 0 Å². The summed E-state index contributed by atoms with van der Waals surface area (Å²) in [5.74, 6) is -0.307. The van der Waals surface area contributed by atoms with Crippen LogP contribution in [0.25, 0.3) is 0 Å². The largest absolute Gasteiger partial charge is 0.481 e. The van der Waals surface area contributed by atoms with Crippen molar-refractivity contribution in [2.45, 2.75) is 33.1 Å². The van der Waals surface area contributed by atoms with Crippen LogP contribution in [0.3, 0.4) is 0 Å². The third kappa shape index (κ3) is 7.52. The molecule has 0 heterocycles. The van der Waals surface area contributed by atoms with E-state index in [-0.39, 0.29) is 6.42 Å². The van der Waals surface area contributed by atoms with Gasteiger partial charge in [0, 0.05) is 19.5 Å². The fourth-order valence-electron chi connectivity index (χ4n) is 1.01. The standard InChI is InChI=1S/C9H18N2O3/c1-8(2)5-7-11(10-14)6-3-4-9(12)13/h8H,3-7H2,1-2H3,(H,12,13). The van der Waals surface area contributed by atoms with Crippen molar-refractivity contribution in [1.82, 2.24) is 5.01 Å². The number of carboxylic acid groups (broad SMARTS) is 1. The molecule has 0 amide bonds. The number of nitroso groups, excluding NO2 is 1. The van der Waals surface area contributed by atoms with Gasteiger partial charge in [-0.3, -0.25) is 9.80 Å². The molecule has 82 valence electrons. The van der Waals surface area contributed by atoms with E-state index in [1.54, 1.807) is 0 Å². The van der Waals surface area contributed by atoms with Crippen LogP contribution in [0.1, 0.15) is 33.1 Å². The summed E-state index contributed by atoms with van der Waals surface area (Å²) in [4.78, 5) is 20.5. The van der Waals surface area contributed by atoms with Crippen molar-refractivity contribution >= 4 is 5.97 Å². The topological polar surface area (TPSA) is 70.0 Å². The highest BCUT2D eigenvalue weighted by Crippen LogP contribution is 2.03. The Bertz CT molecular complexity index is 183. The van der Waals surface area contributed by atoms with Crippen LogP contribution >= 0.6 is 0 Å². The Morgan fingerprint density at radius 2 is 2.07 bits per heavy atom.